The first-order valence-electron chi connectivity index (χ1n) is 5.81. The second-order valence-corrected chi connectivity index (χ2v) is 4.97. The summed E-state index contributed by atoms with van der Waals surface area (Å²) < 4.78 is 0. The topological polar surface area (TPSA) is 20.3 Å². The zero-order valence-electron chi connectivity index (χ0n) is 9.75. The minimum atomic E-state index is 0.182. The first-order valence-corrected chi connectivity index (χ1v) is 5.81. The molecule has 2 nitrogen and oxygen atoms in total. The molecule has 0 aromatic heterocycles. The minimum absolute atomic E-state index is 0.182. The van der Waals surface area contributed by atoms with Gasteiger partial charge in [0.15, 0.2) is 0 Å². The van der Waals surface area contributed by atoms with E-state index in [0.29, 0.717) is 12.3 Å². The van der Waals surface area contributed by atoms with Crippen LogP contribution in [0.4, 0.5) is 0 Å². The van der Waals surface area contributed by atoms with Gasteiger partial charge in [-0.3, -0.25) is 9.69 Å². The largest absolute Gasteiger partial charge is 0.299 e. The van der Waals surface area contributed by atoms with E-state index in [1.165, 1.54) is 25.7 Å². The Labute approximate surface area is 87.7 Å². The number of carbonyl (C=O) groups excluding carboxylic acids is 1. The molecule has 0 atom stereocenters. The van der Waals surface area contributed by atoms with Crippen molar-refractivity contribution in [2.75, 3.05) is 20.1 Å². The zero-order valence-corrected chi connectivity index (χ0v) is 9.75. The molecular formula is C12H23NO. The maximum absolute atomic E-state index is 11.5. The van der Waals surface area contributed by atoms with E-state index in [1.54, 1.807) is 0 Å². The first kappa shape index (κ1) is 11.7. The van der Waals surface area contributed by atoms with E-state index in [9.17, 15) is 4.79 Å². The fraction of sp³-hybridized carbons (Fsp3) is 0.917. The number of hydrogen-bond donors (Lipinski definition) is 0. The predicted octanol–water partition coefficient (Wildman–Crippen LogP) is 2.33. The minimum Gasteiger partial charge on any atom is -0.299 e. The average Bonchev–Trinajstić information content (AvgIpc) is 2.56. The Morgan fingerprint density at radius 2 is 1.93 bits per heavy atom. The number of rotatable bonds is 5. The van der Waals surface area contributed by atoms with E-state index in [1.807, 2.05) is 13.8 Å². The van der Waals surface area contributed by atoms with Crippen LogP contribution in [-0.4, -0.2) is 30.8 Å². The van der Waals surface area contributed by atoms with Crippen LogP contribution in [0.5, 0.6) is 0 Å². The van der Waals surface area contributed by atoms with Gasteiger partial charge in [0, 0.05) is 12.5 Å². The quantitative estimate of drug-likeness (QED) is 0.674. The van der Waals surface area contributed by atoms with Crippen LogP contribution >= 0.6 is 0 Å². The van der Waals surface area contributed by atoms with Crippen LogP contribution in [0.1, 0.15) is 39.5 Å². The number of ketones is 1. The summed E-state index contributed by atoms with van der Waals surface area (Å²) in [4.78, 5) is 13.7. The molecule has 0 aromatic carbocycles. The number of nitrogens with zero attached hydrogens (tertiary/aromatic N) is 1. The summed E-state index contributed by atoms with van der Waals surface area (Å²) in [6.07, 6.45) is 5.49. The van der Waals surface area contributed by atoms with Crippen molar-refractivity contribution in [1.29, 1.82) is 0 Å². The number of hydrogen-bond acceptors (Lipinski definition) is 2. The van der Waals surface area contributed by atoms with Gasteiger partial charge in [-0.05, 0) is 25.8 Å². The van der Waals surface area contributed by atoms with E-state index < -0.39 is 0 Å². The molecule has 1 fully saturated rings. The molecule has 0 spiro atoms. The summed E-state index contributed by atoms with van der Waals surface area (Å²) in [6.45, 7) is 5.70. The lowest BCUT2D eigenvalue weighted by molar-refractivity contribution is -0.122. The van der Waals surface area contributed by atoms with Gasteiger partial charge in [-0.2, -0.15) is 0 Å². The average molecular weight is 197 g/mol. The van der Waals surface area contributed by atoms with E-state index in [0.717, 1.165) is 12.5 Å². The summed E-state index contributed by atoms with van der Waals surface area (Å²) in [7, 11) is 2.07. The second-order valence-electron chi connectivity index (χ2n) is 4.97. The van der Waals surface area contributed by atoms with E-state index in [4.69, 9.17) is 0 Å². The maximum atomic E-state index is 11.5. The van der Waals surface area contributed by atoms with Crippen molar-refractivity contribution < 1.29 is 4.79 Å². The van der Waals surface area contributed by atoms with Crippen molar-refractivity contribution in [1.82, 2.24) is 4.90 Å². The van der Waals surface area contributed by atoms with Gasteiger partial charge in [-0.25, -0.2) is 0 Å². The van der Waals surface area contributed by atoms with Crippen LogP contribution in [0.2, 0.25) is 0 Å². The highest BCUT2D eigenvalue weighted by molar-refractivity contribution is 5.82. The first-order chi connectivity index (χ1) is 6.59. The molecule has 0 aliphatic heterocycles. The summed E-state index contributed by atoms with van der Waals surface area (Å²) in [6, 6.07) is 0. The summed E-state index contributed by atoms with van der Waals surface area (Å²) in [5.41, 5.74) is 0. The van der Waals surface area contributed by atoms with Gasteiger partial charge in [-0.1, -0.05) is 26.7 Å². The molecule has 82 valence electrons. The van der Waals surface area contributed by atoms with Crippen molar-refractivity contribution in [2.24, 2.45) is 11.8 Å². The van der Waals surface area contributed by atoms with E-state index in [2.05, 4.69) is 11.9 Å². The molecule has 0 aromatic rings. The van der Waals surface area contributed by atoms with Gasteiger partial charge in [0.2, 0.25) is 0 Å². The van der Waals surface area contributed by atoms with Gasteiger partial charge in [-0.15, -0.1) is 0 Å². The summed E-state index contributed by atoms with van der Waals surface area (Å²) in [5, 5.41) is 0. The third kappa shape index (κ3) is 3.79. The summed E-state index contributed by atoms with van der Waals surface area (Å²) >= 11 is 0. The Morgan fingerprint density at radius 3 is 2.43 bits per heavy atom. The SMILES string of the molecule is CC(C)C(=O)CN(C)CC1CCCC1. The highest BCUT2D eigenvalue weighted by atomic mass is 16.1. The Morgan fingerprint density at radius 1 is 1.36 bits per heavy atom. The third-order valence-corrected chi connectivity index (χ3v) is 3.11. The number of likely N-dealkylation sites (N-methyl/N-ethyl adjacent to an activating group) is 1. The second kappa shape index (κ2) is 5.50. The third-order valence-electron chi connectivity index (χ3n) is 3.11. The molecule has 0 unspecified atom stereocenters. The number of carbonyl (C=O) groups is 1. The van der Waals surface area contributed by atoms with Gasteiger partial charge in [0.25, 0.3) is 0 Å². The van der Waals surface area contributed by atoms with E-state index in [-0.39, 0.29) is 5.92 Å². The van der Waals surface area contributed by atoms with Gasteiger partial charge < -0.3 is 0 Å². The number of Topliss-reactive ketones (excluding diaryl/α,β-unsaturated/α-hetero) is 1. The molecule has 1 aliphatic carbocycles. The Hall–Kier alpha value is -0.370. The summed E-state index contributed by atoms with van der Waals surface area (Å²) in [5.74, 6) is 1.39. The van der Waals surface area contributed by atoms with Crippen molar-refractivity contribution in [3.63, 3.8) is 0 Å². The molecule has 0 heterocycles. The monoisotopic (exact) mass is 197 g/mol. The lowest BCUT2D eigenvalue weighted by Crippen LogP contribution is -2.32. The fourth-order valence-electron chi connectivity index (χ4n) is 2.15. The Bertz CT molecular complexity index is 183. The van der Waals surface area contributed by atoms with Crippen LogP contribution in [0.25, 0.3) is 0 Å². The molecule has 2 heteroatoms. The molecular weight excluding hydrogens is 174 g/mol. The van der Waals surface area contributed by atoms with Crippen LogP contribution in [-0.2, 0) is 4.79 Å². The molecule has 1 saturated carbocycles. The lowest BCUT2D eigenvalue weighted by Gasteiger charge is -2.20. The molecule has 0 amide bonds. The van der Waals surface area contributed by atoms with Crippen molar-refractivity contribution >= 4 is 5.78 Å². The van der Waals surface area contributed by atoms with Crippen LogP contribution in [0, 0.1) is 11.8 Å². The Kier molecular flexibility index (Phi) is 4.59. The van der Waals surface area contributed by atoms with Crippen molar-refractivity contribution in [3.8, 4) is 0 Å². The van der Waals surface area contributed by atoms with E-state index >= 15 is 0 Å². The normalized spacial score (nSPS) is 18.4. The predicted molar refractivity (Wildman–Crippen MR) is 59.3 cm³/mol. The van der Waals surface area contributed by atoms with Crippen LogP contribution in [0.15, 0.2) is 0 Å². The Balaban J connectivity index is 2.20. The van der Waals surface area contributed by atoms with Gasteiger partial charge in [0.1, 0.15) is 5.78 Å². The highest BCUT2D eigenvalue weighted by Gasteiger charge is 2.18. The van der Waals surface area contributed by atoms with Gasteiger partial charge in [0.05, 0.1) is 6.54 Å². The smallest absolute Gasteiger partial charge is 0.149 e. The van der Waals surface area contributed by atoms with Crippen LogP contribution in [0.3, 0.4) is 0 Å². The zero-order chi connectivity index (χ0) is 10.6. The molecule has 1 aliphatic rings. The molecule has 14 heavy (non-hydrogen) atoms. The fourth-order valence-corrected chi connectivity index (χ4v) is 2.15. The lowest BCUT2D eigenvalue weighted by atomic mass is 10.1. The van der Waals surface area contributed by atoms with Crippen molar-refractivity contribution in [2.45, 2.75) is 39.5 Å². The van der Waals surface area contributed by atoms with Crippen molar-refractivity contribution in [3.05, 3.63) is 0 Å². The molecule has 0 radical (unpaired) electrons. The maximum Gasteiger partial charge on any atom is 0.149 e. The molecule has 1 rings (SSSR count). The molecule has 0 bridgehead atoms. The van der Waals surface area contributed by atoms with Crippen LogP contribution < -0.4 is 0 Å². The standard InChI is InChI=1S/C12H23NO/c1-10(2)12(14)9-13(3)8-11-6-4-5-7-11/h10-11H,4-9H2,1-3H3. The molecule has 0 N–H and O–H groups in total. The highest BCUT2D eigenvalue weighted by Crippen LogP contribution is 2.25. The molecule has 0 saturated heterocycles. The van der Waals surface area contributed by atoms with Gasteiger partial charge >= 0.3 is 0 Å².